The Hall–Kier alpha value is -9.39. The van der Waals surface area contributed by atoms with E-state index in [9.17, 15) is 0 Å². The minimum Gasteiger partial charge on any atom is -0.311 e. The van der Waals surface area contributed by atoms with Crippen LogP contribution in [0.3, 0.4) is 0 Å². The van der Waals surface area contributed by atoms with Crippen LogP contribution in [-0.4, -0.2) is 21.7 Å². The Balaban J connectivity index is 1.13. The smallest absolute Gasteiger partial charge is 0.252 e. The summed E-state index contributed by atoms with van der Waals surface area (Å²) >= 11 is 0. The molecule has 0 radical (unpaired) electrons. The van der Waals surface area contributed by atoms with Crippen molar-refractivity contribution in [3.63, 3.8) is 0 Å². The van der Waals surface area contributed by atoms with Crippen molar-refractivity contribution in [2.75, 3.05) is 9.80 Å². The summed E-state index contributed by atoms with van der Waals surface area (Å²) in [6.07, 6.45) is 0. The highest BCUT2D eigenvalue weighted by Gasteiger charge is 2.46. The zero-order chi connectivity index (χ0) is 59.8. The van der Waals surface area contributed by atoms with Gasteiger partial charge in [0, 0.05) is 61.6 Å². The molecule has 13 aromatic carbocycles. The molecule has 2 aliphatic heterocycles. The van der Waals surface area contributed by atoms with Crippen LogP contribution in [0, 0.1) is 0 Å². The van der Waals surface area contributed by atoms with E-state index < -0.39 is 0 Å². The molecule has 422 valence electrons. The largest absolute Gasteiger partial charge is 0.311 e. The molecule has 0 aliphatic carbocycles. The standard InChI is InChI=1S/C81H70BN5/c1-78(2,3)56-41-57(79(4,5)6)44-60(43-56)86-66-39-55(77-84-75(51-21-15-13-16-22-51)83-76(85-77)52-23-17-14-18-24-52)40-67-72(66)82(64-37-53-31-29-47-25-19-27-49-33-35-62(73(64)86)70(53)68(47)49)65-38-54-32-30-48-26-20-28-50-34-36-63(71(54)69(48)50)74(65)87(67)61-45-58(80(7,8)9)42-59(46-61)81(10,11)12/h13-46H,1-12H3. The second kappa shape index (κ2) is 18.6. The summed E-state index contributed by atoms with van der Waals surface area (Å²) in [6.45, 7) is 28.1. The lowest BCUT2D eigenvalue weighted by Crippen LogP contribution is -2.61. The normalized spacial score (nSPS) is 13.7. The van der Waals surface area contributed by atoms with Gasteiger partial charge >= 0.3 is 0 Å². The van der Waals surface area contributed by atoms with E-state index in [4.69, 9.17) is 15.0 Å². The summed E-state index contributed by atoms with van der Waals surface area (Å²) in [5.74, 6) is 1.86. The number of hydrogen-bond donors (Lipinski definition) is 0. The van der Waals surface area contributed by atoms with Crippen LogP contribution >= 0.6 is 0 Å². The molecule has 1 aromatic heterocycles. The summed E-state index contributed by atoms with van der Waals surface area (Å²) in [4.78, 5) is 21.8. The van der Waals surface area contributed by atoms with Crippen LogP contribution in [0.1, 0.15) is 105 Å². The van der Waals surface area contributed by atoms with Crippen LogP contribution in [0.5, 0.6) is 0 Å². The molecule has 14 aromatic rings. The van der Waals surface area contributed by atoms with Crippen molar-refractivity contribution in [2.45, 2.75) is 105 Å². The van der Waals surface area contributed by atoms with Crippen molar-refractivity contribution < 1.29 is 0 Å². The van der Waals surface area contributed by atoms with Gasteiger partial charge in [-0.15, -0.1) is 0 Å². The number of fused-ring (bicyclic) bond motifs is 6. The average molecular weight is 1120 g/mol. The Morgan fingerprint density at radius 1 is 0.299 bits per heavy atom. The maximum atomic E-state index is 5.58. The monoisotopic (exact) mass is 1120 g/mol. The third kappa shape index (κ3) is 8.31. The van der Waals surface area contributed by atoms with Gasteiger partial charge in [0.15, 0.2) is 17.5 Å². The minimum atomic E-state index is -0.204. The number of anilines is 6. The Bertz CT molecular complexity index is 4740. The molecule has 16 rings (SSSR count). The van der Waals surface area contributed by atoms with Gasteiger partial charge in [0.05, 0.1) is 0 Å². The van der Waals surface area contributed by atoms with Gasteiger partial charge in [0.2, 0.25) is 0 Å². The molecule has 87 heavy (non-hydrogen) atoms. The molecule has 3 heterocycles. The van der Waals surface area contributed by atoms with Crippen molar-refractivity contribution in [1.82, 2.24) is 15.0 Å². The van der Waals surface area contributed by atoms with Crippen LogP contribution in [0.2, 0.25) is 0 Å². The first kappa shape index (κ1) is 53.1. The maximum absolute atomic E-state index is 5.58. The summed E-state index contributed by atoms with van der Waals surface area (Å²) in [5, 5.41) is 15.1. The van der Waals surface area contributed by atoms with Gasteiger partial charge in [-0.3, -0.25) is 0 Å². The summed E-state index contributed by atoms with van der Waals surface area (Å²) in [6, 6.07) is 78.2. The number of nitrogens with zero attached hydrogens (tertiary/aromatic N) is 5. The maximum Gasteiger partial charge on any atom is 0.252 e. The van der Waals surface area contributed by atoms with E-state index in [1.54, 1.807) is 0 Å². The van der Waals surface area contributed by atoms with Gasteiger partial charge in [-0.1, -0.05) is 253 Å². The highest BCUT2D eigenvalue weighted by molar-refractivity contribution is 7.01. The second-order valence-electron chi connectivity index (χ2n) is 28.9. The molecule has 0 saturated heterocycles. The Labute approximate surface area is 511 Å². The van der Waals surface area contributed by atoms with Crippen LogP contribution in [0.15, 0.2) is 206 Å². The van der Waals surface area contributed by atoms with E-state index in [0.717, 1.165) is 39.4 Å². The lowest BCUT2D eigenvalue weighted by Gasteiger charge is -2.46. The molecule has 0 spiro atoms. The molecule has 0 unspecified atom stereocenters. The van der Waals surface area contributed by atoms with Crippen LogP contribution in [0.4, 0.5) is 34.1 Å². The van der Waals surface area contributed by atoms with Crippen LogP contribution in [-0.2, 0) is 21.7 Å². The van der Waals surface area contributed by atoms with E-state index in [1.165, 1.54) is 115 Å². The Kier molecular flexibility index (Phi) is 11.3. The molecule has 0 bridgehead atoms. The lowest BCUT2D eigenvalue weighted by molar-refractivity contribution is 0.568. The molecule has 2 aliphatic rings. The third-order valence-electron chi connectivity index (χ3n) is 19.0. The predicted octanol–water partition coefficient (Wildman–Crippen LogP) is 19.9. The van der Waals surface area contributed by atoms with Crippen molar-refractivity contribution in [3.8, 4) is 34.2 Å². The van der Waals surface area contributed by atoms with Crippen molar-refractivity contribution in [1.29, 1.82) is 0 Å². The topological polar surface area (TPSA) is 45.2 Å². The van der Waals surface area contributed by atoms with Gasteiger partial charge in [-0.05, 0) is 151 Å². The van der Waals surface area contributed by atoms with Crippen molar-refractivity contribution >= 4 is 122 Å². The molecular weight excluding hydrogens is 1050 g/mol. The molecular formula is C81H70BN5. The summed E-state index contributed by atoms with van der Waals surface area (Å²) in [5.41, 5.74) is 18.0. The van der Waals surface area contributed by atoms with Gasteiger partial charge in [-0.25, -0.2) is 15.0 Å². The first-order valence-electron chi connectivity index (χ1n) is 31.0. The Morgan fingerprint density at radius 3 is 0.989 bits per heavy atom. The minimum absolute atomic E-state index is 0.160. The van der Waals surface area contributed by atoms with Crippen LogP contribution in [0.25, 0.3) is 98.8 Å². The summed E-state index contributed by atoms with van der Waals surface area (Å²) < 4.78 is 0. The quantitative estimate of drug-likeness (QED) is 0.127. The first-order chi connectivity index (χ1) is 41.6. The molecule has 6 heteroatoms. The van der Waals surface area contributed by atoms with Gasteiger partial charge in [-0.2, -0.15) is 0 Å². The van der Waals surface area contributed by atoms with Crippen molar-refractivity contribution in [3.05, 3.63) is 229 Å². The van der Waals surface area contributed by atoms with E-state index >= 15 is 0 Å². The fourth-order valence-electron chi connectivity index (χ4n) is 14.4. The highest BCUT2D eigenvalue weighted by Crippen LogP contribution is 2.53. The van der Waals surface area contributed by atoms with Crippen LogP contribution < -0.4 is 26.2 Å². The molecule has 0 N–H and O–H groups in total. The van der Waals surface area contributed by atoms with Crippen molar-refractivity contribution in [2.24, 2.45) is 0 Å². The lowest BCUT2D eigenvalue weighted by atomic mass is 9.33. The fourth-order valence-corrected chi connectivity index (χ4v) is 14.4. The van der Waals surface area contributed by atoms with Gasteiger partial charge < -0.3 is 9.80 Å². The molecule has 0 saturated carbocycles. The number of rotatable bonds is 5. The third-order valence-corrected chi connectivity index (χ3v) is 19.0. The molecule has 5 nitrogen and oxygen atoms in total. The highest BCUT2D eigenvalue weighted by atomic mass is 15.2. The zero-order valence-electron chi connectivity index (χ0n) is 51.9. The average Bonchev–Trinajstić information content (AvgIpc) is 0.683. The van der Waals surface area contributed by atoms with E-state index in [1.807, 2.05) is 0 Å². The molecule has 0 amide bonds. The van der Waals surface area contributed by atoms with E-state index in [2.05, 4.69) is 299 Å². The van der Waals surface area contributed by atoms with E-state index in [-0.39, 0.29) is 28.4 Å². The molecule has 0 atom stereocenters. The van der Waals surface area contributed by atoms with Gasteiger partial charge in [0.1, 0.15) is 0 Å². The Morgan fingerprint density at radius 2 is 0.632 bits per heavy atom. The number of benzene rings is 13. The summed E-state index contributed by atoms with van der Waals surface area (Å²) in [7, 11) is 0. The predicted molar refractivity (Wildman–Crippen MR) is 372 cm³/mol. The molecule has 0 fully saturated rings. The SMILES string of the molecule is CC(C)(C)c1cc(N2c3cc(-c4nc(-c5ccccc5)nc(-c5ccccc5)n4)cc4c3B(c3cc5ccc6cccc7ccc(c32)c5c67)c2cc3ccc5cccc6ccc(c2N4c2cc(C(C)(C)C)cc(C(C)(C)C)c2)c3c56)cc(C(C)(C)C)c1. The van der Waals surface area contributed by atoms with E-state index in [0.29, 0.717) is 17.5 Å². The fraction of sp³-hybridized carbons (Fsp3) is 0.198. The first-order valence-corrected chi connectivity index (χ1v) is 31.0. The second-order valence-corrected chi connectivity index (χ2v) is 28.9. The van der Waals surface area contributed by atoms with Gasteiger partial charge in [0.25, 0.3) is 6.71 Å². The number of hydrogen-bond acceptors (Lipinski definition) is 5. The number of aromatic nitrogens is 3. The zero-order valence-corrected chi connectivity index (χ0v) is 51.9.